The third-order valence-electron chi connectivity index (χ3n) is 0.576. The summed E-state index contributed by atoms with van der Waals surface area (Å²) >= 11 is 0. The molecule has 1 heterocycles. The zero-order valence-corrected chi connectivity index (χ0v) is 2.98. The summed E-state index contributed by atoms with van der Waals surface area (Å²) in [6, 6.07) is 0. The van der Waals surface area contributed by atoms with Crippen molar-refractivity contribution in [2.45, 2.75) is 6.42 Å². The van der Waals surface area contributed by atoms with Gasteiger partial charge >= 0.3 is 0 Å². The van der Waals surface area contributed by atoms with Gasteiger partial charge in [-0.3, -0.25) is 0 Å². The minimum Gasteiger partial charge on any atom is -0.250 e. The maximum atomic E-state index is 4.57. The normalized spacial score (nSPS) is 24.0. The number of hydrogen-bond acceptors (Lipinski definition) is 1. The van der Waals surface area contributed by atoms with Crippen molar-refractivity contribution in [1.82, 2.24) is 0 Å². The highest BCUT2D eigenvalue weighted by Crippen LogP contribution is 1.89. The van der Waals surface area contributed by atoms with Crippen molar-refractivity contribution >= 4 is 0 Å². The second kappa shape index (κ2) is 1.38. The highest BCUT2D eigenvalue weighted by molar-refractivity contribution is 4.30. The van der Waals surface area contributed by atoms with Crippen molar-refractivity contribution in [1.29, 1.82) is 0 Å². The quantitative estimate of drug-likeness (QED) is 0.290. The molecule has 2 nitrogen and oxygen atoms in total. The fourth-order valence-electron chi connectivity index (χ4n) is 0.323. The van der Waals surface area contributed by atoms with Gasteiger partial charge in [-0.25, -0.2) is 4.89 Å². The highest BCUT2D eigenvalue weighted by Gasteiger charge is 2.02. The molecule has 1 rings (SSSR count). The van der Waals surface area contributed by atoms with Gasteiger partial charge in [0.25, 0.3) is 0 Å². The van der Waals surface area contributed by atoms with Crippen LogP contribution < -0.4 is 0 Å². The molecule has 0 unspecified atom stereocenters. The van der Waals surface area contributed by atoms with E-state index in [2.05, 4.69) is 9.78 Å². The van der Waals surface area contributed by atoms with Crippen LogP contribution in [0.1, 0.15) is 6.42 Å². The summed E-state index contributed by atoms with van der Waals surface area (Å²) in [7, 11) is 0. The summed E-state index contributed by atoms with van der Waals surface area (Å²) in [5.74, 6) is 0. The zero-order valence-electron chi connectivity index (χ0n) is 2.98. The molecule has 0 aromatic rings. The van der Waals surface area contributed by atoms with E-state index in [0.29, 0.717) is 0 Å². The van der Waals surface area contributed by atoms with Gasteiger partial charge < -0.3 is 0 Å². The lowest BCUT2D eigenvalue weighted by atomic mass is 10.5. The Morgan fingerprint density at radius 2 is 2.60 bits per heavy atom. The summed E-state index contributed by atoms with van der Waals surface area (Å²) in [6.07, 6.45) is 1.11. The van der Waals surface area contributed by atoms with Crippen molar-refractivity contribution in [3.63, 3.8) is 0 Å². The van der Waals surface area contributed by atoms with Crippen LogP contribution in [0.25, 0.3) is 0 Å². The van der Waals surface area contributed by atoms with Gasteiger partial charge in [-0.05, 0) is 0 Å². The van der Waals surface area contributed by atoms with Crippen LogP contribution >= 0.6 is 0 Å². The lowest BCUT2D eigenvalue weighted by molar-refractivity contribution is -0.374. The minimum atomic E-state index is 0.833. The summed E-state index contributed by atoms with van der Waals surface area (Å²) < 4.78 is 0. The van der Waals surface area contributed by atoms with Gasteiger partial charge in [-0.15, -0.1) is 4.89 Å². The van der Waals surface area contributed by atoms with Crippen molar-refractivity contribution in [2.24, 2.45) is 0 Å². The van der Waals surface area contributed by atoms with E-state index in [9.17, 15) is 0 Å². The summed E-state index contributed by atoms with van der Waals surface area (Å²) in [6.45, 7) is 1.74. The standard InChI is InChI=1S/C3H6O2/c1-2-4-5-3-1/h1-3H2/p+1. The molecule has 0 saturated carbocycles. The van der Waals surface area contributed by atoms with E-state index < -0.39 is 0 Å². The fourth-order valence-corrected chi connectivity index (χ4v) is 0.323. The maximum Gasteiger partial charge on any atom is 0.186 e. The lowest BCUT2D eigenvalue weighted by Crippen LogP contribution is -1.81. The Morgan fingerprint density at radius 3 is 2.80 bits per heavy atom. The molecule has 1 N–H and O–H groups in total. The third kappa shape index (κ3) is 0.597. The van der Waals surface area contributed by atoms with Crippen LogP contribution in [0, 0.1) is 0 Å². The molecule has 0 aromatic carbocycles. The number of rotatable bonds is 0. The first-order valence-corrected chi connectivity index (χ1v) is 1.79. The van der Waals surface area contributed by atoms with E-state index in [1.54, 1.807) is 0 Å². The van der Waals surface area contributed by atoms with Crippen LogP contribution in [0.5, 0.6) is 0 Å². The van der Waals surface area contributed by atoms with Crippen molar-refractivity contribution < 1.29 is 9.78 Å². The monoisotopic (exact) mass is 75.0 g/mol. The molecule has 5 heavy (non-hydrogen) atoms. The predicted molar refractivity (Wildman–Crippen MR) is 17.7 cm³/mol. The Balaban J connectivity index is 2.08. The van der Waals surface area contributed by atoms with E-state index in [-0.39, 0.29) is 0 Å². The summed E-state index contributed by atoms with van der Waals surface area (Å²) in [5, 5.41) is 0. The Bertz CT molecular complexity index is 16.5. The van der Waals surface area contributed by atoms with Crippen LogP contribution in [0.15, 0.2) is 0 Å². The molecule has 0 aliphatic carbocycles. The topological polar surface area (TPSA) is 22.0 Å². The molecule has 1 aliphatic heterocycles. The van der Waals surface area contributed by atoms with Gasteiger partial charge in [0, 0.05) is 0 Å². The van der Waals surface area contributed by atoms with Gasteiger partial charge in [0.1, 0.15) is 6.61 Å². The van der Waals surface area contributed by atoms with Gasteiger partial charge in [0.05, 0.1) is 6.42 Å². The van der Waals surface area contributed by atoms with Crippen LogP contribution in [-0.4, -0.2) is 18.1 Å². The molecule has 0 aromatic heterocycles. The molecule has 0 atom stereocenters. The van der Waals surface area contributed by atoms with Gasteiger partial charge in [-0.2, -0.15) is 0 Å². The average molecular weight is 75.1 g/mol. The molecule has 30 valence electrons. The Hall–Kier alpha value is -0.0800. The molecule has 0 spiro atoms. The first-order chi connectivity index (χ1) is 2.50. The van der Waals surface area contributed by atoms with Crippen molar-refractivity contribution in [2.75, 3.05) is 13.2 Å². The summed E-state index contributed by atoms with van der Waals surface area (Å²) in [5.41, 5.74) is 0. The lowest BCUT2D eigenvalue weighted by Gasteiger charge is -1.72. The second-order valence-corrected chi connectivity index (χ2v) is 1.04. The first kappa shape index (κ1) is 3.12. The molecule has 0 bridgehead atoms. The molecular weight excluding hydrogens is 68.0 g/mol. The second-order valence-electron chi connectivity index (χ2n) is 1.04. The Labute approximate surface area is 30.6 Å². The molecule has 0 amide bonds. The molecule has 1 saturated heterocycles. The number of aliphatic hydroxyl groups is 1. The van der Waals surface area contributed by atoms with Crippen LogP contribution in [0.4, 0.5) is 0 Å². The number of hydrogen-bond donors (Lipinski definition) is 0. The predicted octanol–water partition coefficient (Wildman–Crippen LogP) is -0.150. The molecule has 1 aliphatic rings. The van der Waals surface area contributed by atoms with Gasteiger partial charge in [0.15, 0.2) is 6.61 Å². The van der Waals surface area contributed by atoms with E-state index >= 15 is 0 Å². The van der Waals surface area contributed by atoms with Gasteiger partial charge in [0.2, 0.25) is 0 Å². The SMILES string of the molecule is C1CO[OH+]C1. The van der Waals surface area contributed by atoms with Crippen LogP contribution in [0.3, 0.4) is 0 Å². The van der Waals surface area contributed by atoms with E-state index in [1.807, 2.05) is 0 Å². The highest BCUT2D eigenvalue weighted by atomic mass is 17.2. The molecule has 0 radical (unpaired) electrons. The molecule has 1 fully saturated rings. The Morgan fingerprint density at radius 1 is 1.60 bits per heavy atom. The maximum absolute atomic E-state index is 4.57. The van der Waals surface area contributed by atoms with E-state index in [4.69, 9.17) is 0 Å². The Kier molecular flexibility index (Phi) is 0.862. The molecular formula is C3H7O2+. The average Bonchev–Trinajstić information content (AvgIpc) is 1.76. The smallest absolute Gasteiger partial charge is 0.186 e. The van der Waals surface area contributed by atoms with Crippen LogP contribution in [0.2, 0.25) is 0 Å². The molecule has 2 heteroatoms. The van der Waals surface area contributed by atoms with Crippen molar-refractivity contribution in [3.8, 4) is 0 Å². The third-order valence-corrected chi connectivity index (χ3v) is 0.576. The zero-order chi connectivity index (χ0) is 3.54. The van der Waals surface area contributed by atoms with E-state index in [0.717, 1.165) is 19.6 Å². The fraction of sp³-hybridized carbons (Fsp3) is 1.00. The summed E-state index contributed by atoms with van der Waals surface area (Å²) in [4.78, 5) is 8.15. The minimum absolute atomic E-state index is 0.833. The largest absolute Gasteiger partial charge is 0.250 e. The first-order valence-electron chi connectivity index (χ1n) is 1.79. The van der Waals surface area contributed by atoms with E-state index in [1.165, 1.54) is 0 Å². The van der Waals surface area contributed by atoms with Crippen molar-refractivity contribution in [3.05, 3.63) is 0 Å². The van der Waals surface area contributed by atoms with Crippen LogP contribution in [-0.2, 0) is 4.89 Å². The van der Waals surface area contributed by atoms with Gasteiger partial charge in [-0.1, -0.05) is 0 Å².